The topological polar surface area (TPSA) is 127 Å². The van der Waals surface area contributed by atoms with Crippen LogP contribution in [0.3, 0.4) is 0 Å². The third kappa shape index (κ3) is 5.66. The van der Waals surface area contributed by atoms with E-state index in [9.17, 15) is 14.7 Å². The molecule has 3 N–H and O–H groups in total. The number of aromatic nitrogens is 2. The van der Waals surface area contributed by atoms with Gasteiger partial charge < -0.3 is 19.7 Å². The van der Waals surface area contributed by atoms with Gasteiger partial charge in [0.25, 0.3) is 0 Å². The highest BCUT2D eigenvalue weighted by Gasteiger charge is 2.29. The average molecular weight is 485 g/mol. The number of rotatable bonds is 9. The molecule has 4 rings (SSSR count). The molecule has 2 aromatic heterocycles. The van der Waals surface area contributed by atoms with Crippen molar-refractivity contribution in [2.24, 2.45) is 5.92 Å². The lowest BCUT2D eigenvalue weighted by Gasteiger charge is -2.16. The van der Waals surface area contributed by atoms with Crippen LogP contribution in [0.2, 0.25) is 5.02 Å². The van der Waals surface area contributed by atoms with Gasteiger partial charge in [-0.2, -0.15) is 0 Å². The summed E-state index contributed by atoms with van der Waals surface area (Å²) in [7, 11) is 0. The van der Waals surface area contributed by atoms with Crippen LogP contribution in [0.25, 0.3) is 11.3 Å². The fourth-order valence-electron chi connectivity index (χ4n) is 3.57. The molecule has 1 saturated carbocycles. The van der Waals surface area contributed by atoms with Gasteiger partial charge in [-0.05, 0) is 44.4 Å². The molecular formula is C24H25ClN4O5. The molecule has 3 aromatic rings. The predicted octanol–water partition coefficient (Wildman–Crippen LogP) is 5.67. The summed E-state index contributed by atoms with van der Waals surface area (Å²) in [5, 5.41) is 19.5. The number of nitrogens with zero attached hydrogens (tertiary/aromatic N) is 2. The lowest BCUT2D eigenvalue weighted by atomic mass is 10.1. The van der Waals surface area contributed by atoms with E-state index in [2.05, 4.69) is 20.8 Å². The normalized spacial score (nSPS) is 14.8. The van der Waals surface area contributed by atoms with Crippen molar-refractivity contribution in [1.82, 2.24) is 10.1 Å². The maximum absolute atomic E-state index is 12.5. The van der Waals surface area contributed by atoms with Crippen molar-refractivity contribution in [2.75, 3.05) is 10.6 Å². The maximum atomic E-state index is 12.5. The van der Waals surface area contributed by atoms with E-state index in [0.717, 1.165) is 12.8 Å². The average Bonchev–Trinajstić information content (AvgIpc) is 3.56. The van der Waals surface area contributed by atoms with E-state index in [1.807, 2.05) is 6.07 Å². The molecule has 2 heterocycles. The van der Waals surface area contributed by atoms with E-state index in [-0.39, 0.29) is 0 Å². The molecule has 1 fully saturated rings. The number of aliphatic carboxylic acids is 1. The molecule has 0 saturated heterocycles. The van der Waals surface area contributed by atoms with Crippen molar-refractivity contribution in [3.8, 4) is 11.3 Å². The summed E-state index contributed by atoms with van der Waals surface area (Å²) < 4.78 is 10.9. The highest BCUT2D eigenvalue weighted by Crippen LogP contribution is 2.35. The van der Waals surface area contributed by atoms with Crippen LogP contribution in [0.15, 0.2) is 47.1 Å². The number of benzene rings is 1. The van der Waals surface area contributed by atoms with E-state index < -0.39 is 24.2 Å². The minimum absolute atomic E-state index is 0.312. The second-order valence-corrected chi connectivity index (χ2v) is 8.72. The first-order valence-electron chi connectivity index (χ1n) is 11.0. The van der Waals surface area contributed by atoms with E-state index in [4.69, 9.17) is 20.9 Å². The van der Waals surface area contributed by atoms with E-state index >= 15 is 0 Å². The van der Waals surface area contributed by atoms with E-state index in [1.165, 1.54) is 6.20 Å². The zero-order valence-electron chi connectivity index (χ0n) is 18.7. The lowest BCUT2D eigenvalue weighted by Crippen LogP contribution is -2.30. The Hall–Kier alpha value is -3.59. The quantitative estimate of drug-likeness (QED) is 0.354. The molecule has 178 valence electrons. The smallest absolute Gasteiger partial charge is 0.412 e. The lowest BCUT2D eigenvalue weighted by molar-refractivity contribution is -0.138. The number of pyridine rings is 1. The minimum Gasteiger partial charge on any atom is -0.480 e. The van der Waals surface area contributed by atoms with Gasteiger partial charge >= 0.3 is 12.1 Å². The Morgan fingerprint density at radius 1 is 1.26 bits per heavy atom. The second kappa shape index (κ2) is 10.1. The van der Waals surface area contributed by atoms with Crippen molar-refractivity contribution in [1.29, 1.82) is 0 Å². The van der Waals surface area contributed by atoms with Crippen LogP contribution >= 0.6 is 11.6 Å². The van der Waals surface area contributed by atoms with Gasteiger partial charge in [-0.3, -0.25) is 5.32 Å². The van der Waals surface area contributed by atoms with Crippen molar-refractivity contribution < 1.29 is 24.0 Å². The van der Waals surface area contributed by atoms with E-state index in [0.29, 0.717) is 51.4 Å². The number of nitrogens with one attached hydrogen (secondary N) is 2. The largest absolute Gasteiger partial charge is 0.480 e. The third-order valence-corrected chi connectivity index (χ3v) is 5.97. The van der Waals surface area contributed by atoms with Crippen LogP contribution in [0.4, 0.5) is 16.3 Å². The Morgan fingerprint density at radius 3 is 2.68 bits per heavy atom. The van der Waals surface area contributed by atoms with Crippen LogP contribution in [-0.2, 0) is 9.53 Å². The number of carbonyl (C=O) groups is 2. The van der Waals surface area contributed by atoms with Crippen LogP contribution < -0.4 is 10.6 Å². The molecule has 34 heavy (non-hydrogen) atoms. The van der Waals surface area contributed by atoms with Gasteiger partial charge in [0.15, 0.2) is 5.76 Å². The maximum Gasteiger partial charge on any atom is 0.412 e. The Bertz CT molecular complexity index is 1180. The Morgan fingerprint density at radius 2 is 2.03 bits per heavy atom. The van der Waals surface area contributed by atoms with E-state index in [1.54, 1.807) is 44.2 Å². The molecule has 0 aliphatic heterocycles. The van der Waals surface area contributed by atoms with Crippen LogP contribution in [-0.4, -0.2) is 33.4 Å². The zero-order valence-corrected chi connectivity index (χ0v) is 19.5. The number of amides is 1. The molecule has 1 aromatic carbocycles. The van der Waals surface area contributed by atoms with Crippen molar-refractivity contribution in [3.63, 3.8) is 0 Å². The number of ether oxygens (including phenoxy) is 1. The van der Waals surface area contributed by atoms with Gasteiger partial charge in [0.05, 0.1) is 0 Å². The first-order chi connectivity index (χ1) is 16.3. The summed E-state index contributed by atoms with van der Waals surface area (Å²) in [6.45, 7) is 3.42. The first-order valence-corrected chi connectivity index (χ1v) is 11.3. The molecule has 10 heteroatoms. The summed E-state index contributed by atoms with van der Waals surface area (Å²) in [4.78, 5) is 28.4. The molecule has 1 aliphatic carbocycles. The van der Waals surface area contributed by atoms with Crippen molar-refractivity contribution in [3.05, 3.63) is 58.9 Å². The molecule has 0 bridgehead atoms. The van der Waals surface area contributed by atoms with Gasteiger partial charge in [-0.25, -0.2) is 14.6 Å². The van der Waals surface area contributed by atoms with Gasteiger partial charge in [-0.15, -0.1) is 0 Å². The monoisotopic (exact) mass is 484 g/mol. The number of carboxylic acid groups (broad SMARTS) is 1. The summed E-state index contributed by atoms with van der Waals surface area (Å²) in [6.07, 6.45) is 2.98. The predicted molar refractivity (Wildman–Crippen MR) is 127 cm³/mol. The zero-order chi connectivity index (χ0) is 24.2. The van der Waals surface area contributed by atoms with Gasteiger partial charge in [-0.1, -0.05) is 47.8 Å². The summed E-state index contributed by atoms with van der Waals surface area (Å²) >= 11 is 6.18. The highest BCUT2D eigenvalue weighted by atomic mass is 35.5. The Balaban J connectivity index is 1.44. The highest BCUT2D eigenvalue weighted by molar-refractivity contribution is 6.31. The first kappa shape index (κ1) is 23.6. The van der Waals surface area contributed by atoms with Gasteiger partial charge in [0, 0.05) is 22.3 Å². The van der Waals surface area contributed by atoms with Gasteiger partial charge in [0.1, 0.15) is 29.3 Å². The fraction of sp³-hybridized carbons (Fsp3) is 0.333. The van der Waals surface area contributed by atoms with Crippen molar-refractivity contribution in [2.45, 2.75) is 45.3 Å². The Labute approximate surface area is 201 Å². The molecule has 0 radical (unpaired) electrons. The fourth-order valence-corrected chi connectivity index (χ4v) is 3.86. The van der Waals surface area contributed by atoms with Crippen LogP contribution in [0, 0.1) is 12.8 Å². The number of hydrogen-bond acceptors (Lipinski definition) is 7. The molecule has 1 aliphatic rings. The second-order valence-electron chi connectivity index (χ2n) is 8.31. The summed E-state index contributed by atoms with van der Waals surface area (Å²) in [5.41, 5.74) is 2.08. The number of hydrogen-bond donors (Lipinski definition) is 3. The molecule has 0 spiro atoms. The summed E-state index contributed by atoms with van der Waals surface area (Å²) in [6, 6.07) is 9.83. The van der Waals surface area contributed by atoms with Crippen molar-refractivity contribution >= 4 is 35.2 Å². The molecule has 1 amide bonds. The number of anilines is 2. The number of halogens is 1. The van der Waals surface area contributed by atoms with Crippen LogP contribution in [0.5, 0.6) is 0 Å². The minimum atomic E-state index is -0.903. The standard InChI is InChI=1S/C24H25ClN4O5/c1-13-21(28-24(32)33-14(2)17-5-3-4-6-18(17)25)22(34-29-13)16-9-10-20(26-12-16)27-19(23(30)31)11-15-7-8-15/h3-6,9-10,12,14-15,19H,7-8,11H2,1-2H3,(H,26,27)(H,28,32)(H,30,31). The molecule has 2 unspecified atom stereocenters. The molecular weight excluding hydrogens is 460 g/mol. The number of aryl methyl sites for hydroxylation is 1. The van der Waals surface area contributed by atoms with Crippen LogP contribution in [0.1, 0.15) is 43.5 Å². The Kier molecular flexibility index (Phi) is 7.02. The third-order valence-electron chi connectivity index (χ3n) is 5.63. The molecule has 9 nitrogen and oxygen atoms in total. The SMILES string of the molecule is Cc1noc(-c2ccc(NC(CC3CC3)C(=O)O)nc2)c1NC(=O)OC(C)c1ccccc1Cl. The molecule has 2 atom stereocenters. The number of carbonyl (C=O) groups excluding carboxylic acids is 1. The van der Waals surface area contributed by atoms with Gasteiger partial charge in [0.2, 0.25) is 0 Å². The summed E-state index contributed by atoms with van der Waals surface area (Å²) in [5.74, 6) is 0.306. The number of carboxylic acids is 1.